The van der Waals surface area contributed by atoms with Gasteiger partial charge in [0.15, 0.2) is 5.65 Å². The van der Waals surface area contributed by atoms with Crippen molar-refractivity contribution in [2.75, 3.05) is 36.4 Å². The van der Waals surface area contributed by atoms with Crippen LogP contribution in [0.15, 0.2) is 54.6 Å². The normalized spacial score (nSPS) is 11.7. The molecule has 11 heteroatoms. The fourth-order valence-corrected chi connectivity index (χ4v) is 5.43. The molecule has 0 bridgehead atoms. The summed E-state index contributed by atoms with van der Waals surface area (Å²) in [5.74, 6) is -0.869. The highest BCUT2D eigenvalue weighted by Crippen LogP contribution is 2.36. The van der Waals surface area contributed by atoms with E-state index >= 15 is 0 Å². The van der Waals surface area contributed by atoms with Crippen molar-refractivity contribution in [3.63, 3.8) is 0 Å². The molecule has 9 nitrogen and oxygen atoms in total. The maximum absolute atomic E-state index is 13.2. The molecule has 0 fully saturated rings. The maximum Gasteiger partial charge on any atom is 0.283 e. The predicted molar refractivity (Wildman–Crippen MR) is 154 cm³/mol. The van der Waals surface area contributed by atoms with E-state index in [1.54, 1.807) is 22.9 Å². The van der Waals surface area contributed by atoms with Crippen molar-refractivity contribution in [2.24, 2.45) is 0 Å². The molecule has 0 aliphatic carbocycles. The van der Waals surface area contributed by atoms with E-state index in [-0.39, 0.29) is 29.7 Å². The average molecular weight is 555 g/mol. The summed E-state index contributed by atoms with van der Waals surface area (Å²) in [6.07, 6.45) is 0.222. The number of nitrogens with two attached hydrogens (primary N) is 1. The average Bonchev–Trinajstić information content (AvgIpc) is 3.27. The van der Waals surface area contributed by atoms with Crippen molar-refractivity contribution in [2.45, 2.75) is 26.2 Å². The third-order valence-corrected chi connectivity index (χ3v) is 7.64. The first-order chi connectivity index (χ1) is 18.0. The number of aromatic nitrogens is 3. The van der Waals surface area contributed by atoms with Gasteiger partial charge in [0.2, 0.25) is 10.0 Å². The second-order valence-corrected chi connectivity index (χ2v) is 11.8. The Morgan fingerprint density at radius 3 is 2.47 bits per heavy atom. The Kier molecular flexibility index (Phi) is 7.94. The molecule has 1 amide bonds. The summed E-state index contributed by atoms with van der Waals surface area (Å²) in [6, 6.07) is 16.7. The lowest BCUT2D eigenvalue weighted by Gasteiger charge is -2.14. The first-order valence-corrected chi connectivity index (χ1v) is 14.4. The van der Waals surface area contributed by atoms with Crippen molar-refractivity contribution in [3.8, 4) is 16.8 Å². The van der Waals surface area contributed by atoms with Crippen LogP contribution in [-0.2, 0) is 10.0 Å². The Hall–Kier alpha value is -3.63. The van der Waals surface area contributed by atoms with E-state index in [0.29, 0.717) is 16.9 Å². The SMILES string of the molecule is CC(C)c1nn(-c2cccc(N(C)C)c2)c2nc(C(=O)NS(=O)(=O)CCCCl)cc(-c3ccc(N)cc3)c12. The highest BCUT2D eigenvalue weighted by atomic mass is 35.5. The van der Waals surface area contributed by atoms with E-state index in [4.69, 9.17) is 22.4 Å². The number of sulfonamides is 1. The van der Waals surface area contributed by atoms with Crippen LogP contribution in [0.25, 0.3) is 27.8 Å². The molecule has 4 rings (SSSR count). The topological polar surface area (TPSA) is 123 Å². The van der Waals surface area contributed by atoms with E-state index in [9.17, 15) is 13.2 Å². The van der Waals surface area contributed by atoms with Gasteiger partial charge in [-0.15, -0.1) is 11.6 Å². The highest BCUT2D eigenvalue weighted by molar-refractivity contribution is 7.90. The number of nitrogen functional groups attached to an aromatic ring is 1. The van der Waals surface area contributed by atoms with Gasteiger partial charge in [-0.1, -0.05) is 32.0 Å². The van der Waals surface area contributed by atoms with Gasteiger partial charge in [0.05, 0.1) is 22.5 Å². The van der Waals surface area contributed by atoms with Gasteiger partial charge in [-0.3, -0.25) is 4.79 Å². The lowest BCUT2D eigenvalue weighted by Crippen LogP contribution is -2.33. The first kappa shape index (κ1) is 27.4. The molecule has 0 saturated heterocycles. The van der Waals surface area contributed by atoms with Crippen molar-refractivity contribution in [1.29, 1.82) is 0 Å². The van der Waals surface area contributed by atoms with Crippen LogP contribution < -0.4 is 15.4 Å². The van der Waals surface area contributed by atoms with Crippen LogP contribution in [0.3, 0.4) is 0 Å². The molecule has 0 radical (unpaired) electrons. The van der Waals surface area contributed by atoms with Gasteiger partial charge >= 0.3 is 0 Å². The molecule has 38 heavy (non-hydrogen) atoms. The fraction of sp³-hybridized carbons (Fsp3) is 0.296. The molecule has 2 heterocycles. The number of nitrogens with zero attached hydrogens (tertiary/aromatic N) is 4. The Morgan fingerprint density at radius 2 is 1.84 bits per heavy atom. The van der Waals surface area contributed by atoms with Crippen LogP contribution in [0, 0.1) is 0 Å². The van der Waals surface area contributed by atoms with Gasteiger partial charge in [0.25, 0.3) is 5.91 Å². The Bertz CT molecular complexity index is 1580. The van der Waals surface area contributed by atoms with Crippen molar-refractivity contribution in [1.82, 2.24) is 19.5 Å². The minimum Gasteiger partial charge on any atom is -0.399 e. The molecular weight excluding hydrogens is 524 g/mol. The minimum atomic E-state index is -3.88. The number of nitrogens with one attached hydrogen (secondary N) is 1. The third kappa shape index (κ3) is 5.76. The number of anilines is 2. The largest absolute Gasteiger partial charge is 0.399 e. The number of carbonyl (C=O) groups is 1. The van der Waals surface area contributed by atoms with Crippen molar-refractivity contribution < 1.29 is 13.2 Å². The van der Waals surface area contributed by atoms with Gasteiger partial charge < -0.3 is 10.6 Å². The molecule has 0 saturated carbocycles. The second kappa shape index (κ2) is 11.0. The summed E-state index contributed by atoms with van der Waals surface area (Å²) >= 11 is 5.65. The molecule has 2 aromatic heterocycles. The minimum absolute atomic E-state index is 0.0423. The number of benzene rings is 2. The number of amides is 1. The zero-order valence-electron chi connectivity index (χ0n) is 21.8. The summed E-state index contributed by atoms with van der Waals surface area (Å²) in [4.78, 5) is 19.8. The van der Waals surface area contributed by atoms with Gasteiger partial charge in [0, 0.05) is 31.4 Å². The number of hydrogen-bond donors (Lipinski definition) is 2. The summed E-state index contributed by atoms with van der Waals surface area (Å²) in [5, 5.41) is 5.70. The summed E-state index contributed by atoms with van der Waals surface area (Å²) < 4.78 is 28.7. The summed E-state index contributed by atoms with van der Waals surface area (Å²) in [6.45, 7) is 4.08. The molecule has 0 spiro atoms. The molecule has 0 atom stereocenters. The Morgan fingerprint density at radius 1 is 1.13 bits per heavy atom. The monoisotopic (exact) mass is 554 g/mol. The third-order valence-electron chi connectivity index (χ3n) is 6.05. The number of fused-ring (bicyclic) bond motifs is 1. The van der Waals surface area contributed by atoms with Crippen LogP contribution in [0.1, 0.15) is 42.4 Å². The predicted octanol–water partition coefficient (Wildman–Crippen LogP) is 4.55. The van der Waals surface area contributed by atoms with Gasteiger partial charge in [-0.2, -0.15) is 5.10 Å². The maximum atomic E-state index is 13.2. The fourth-order valence-electron chi connectivity index (χ4n) is 4.13. The molecule has 0 aliphatic heterocycles. The number of halogens is 1. The van der Waals surface area contributed by atoms with E-state index in [1.165, 1.54) is 0 Å². The van der Waals surface area contributed by atoms with E-state index in [1.807, 2.05) is 69.2 Å². The highest BCUT2D eigenvalue weighted by Gasteiger charge is 2.25. The first-order valence-electron chi connectivity index (χ1n) is 12.2. The van der Waals surface area contributed by atoms with Crippen LogP contribution in [0.2, 0.25) is 0 Å². The van der Waals surface area contributed by atoms with Crippen LogP contribution in [-0.4, -0.2) is 54.8 Å². The second-order valence-electron chi connectivity index (χ2n) is 9.53. The molecule has 0 unspecified atom stereocenters. The molecule has 200 valence electrons. The van der Waals surface area contributed by atoms with Crippen molar-refractivity contribution >= 4 is 49.9 Å². The number of hydrogen-bond acceptors (Lipinski definition) is 7. The Balaban J connectivity index is 1.99. The van der Waals surface area contributed by atoms with Crippen LogP contribution >= 0.6 is 11.6 Å². The quantitative estimate of drug-likeness (QED) is 0.230. The van der Waals surface area contributed by atoms with Gasteiger partial charge in [-0.05, 0) is 59.9 Å². The molecule has 3 N–H and O–H groups in total. The smallest absolute Gasteiger partial charge is 0.283 e. The summed E-state index contributed by atoms with van der Waals surface area (Å²) in [7, 11) is 0.0161. The lowest BCUT2D eigenvalue weighted by molar-refractivity contribution is 0.0977. The number of alkyl halides is 1. The van der Waals surface area contributed by atoms with E-state index in [2.05, 4.69) is 9.71 Å². The number of pyridine rings is 1. The number of rotatable bonds is 9. The van der Waals surface area contributed by atoms with Gasteiger partial charge in [0.1, 0.15) is 5.69 Å². The molecule has 4 aromatic rings. The van der Waals surface area contributed by atoms with E-state index < -0.39 is 15.9 Å². The lowest BCUT2D eigenvalue weighted by atomic mass is 9.97. The van der Waals surface area contributed by atoms with Crippen molar-refractivity contribution in [3.05, 3.63) is 66.0 Å². The standard InChI is InChI=1S/C27H31ClN6O3S/c1-17(2)25-24-22(18-9-11-19(29)12-10-18)16-23(27(35)32-38(36,37)14-6-13-28)30-26(24)34(31-25)21-8-5-7-20(15-21)33(3)4/h5,7-12,15-17H,6,13-14,29H2,1-4H3,(H,32,35). The Labute approximate surface area is 227 Å². The molecule has 2 aromatic carbocycles. The molecular formula is C27H31ClN6O3S. The number of carbonyl (C=O) groups excluding carboxylic acids is 1. The summed E-state index contributed by atoms with van der Waals surface area (Å²) in [5.41, 5.74) is 11.0. The van der Waals surface area contributed by atoms with Crippen LogP contribution in [0.5, 0.6) is 0 Å². The zero-order valence-corrected chi connectivity index (χ0v) is 23.3. The molecule has 0 aliphatic rings. The van der Waals surface area contributed by atoms with E-state index in [0.717, 1.165) is 28.0 Å². The van der Waals surface area contributed by atoms with Crippen LogP contribution in [0.4, 0.5) is 11.4 Å². The zero-order chi connectivity index (χ0) is 27.6. The van der Waals surface area contributed by atoms with Gasteiger partial charge in [-0.25, -0.2) is 22.8 Å².